The molecule has 20 heavy (non-hydrogen) atoms. The largest absolute Gasteiger partial charge is 0.304 e. The molecule has 3 rings (SSSR count). The molecule has 0 saturated heterocycles. The topological polar surface area (TPSA) is 61.4 Å². The Morgan fingerprint density at radius 1 is 1.40 bits per heavy atom. The molecule has 0 N–H and O–H groups in total. The minimum atomic E-state index is -0.216. The Bertz CT molecular complexity index is 762. The van der Waals surface area contributed by atoms with Gasteiger partial charge in [-0.15, -0.1) is 11.6 Å². The van der Waals surface area contributed by atoms with Crippen molar-refractivity contribution in [2.24, 2.45) is 7.05 Å². The van der Waals surface area contributed by atoms with E-state index in [1.54, 1.807) is 17.2 Å². The quantitative estimate of drug-likeness (QED) is 0.678. The molecule has 0 bridgehead atoms. The van der Waals surface area contributed by atoms with Gasteiger partial charge in [0, 0.05) is 17.7 Å². The van der Waals surface area contributed by atoms with E-state index in [2.05, 4.69) is 36.0 Å². The van der Waals surface area contributed by atoms with Crippen LogP contribution in [0.2, 0.25) is 0 Å². The third-order valence-corrected chi connectivity index (χ3v) is 3.51. The van der Waals surface area contributed by atoms with Gasteiger partial charge in [-0.1, -0.05) is 0 Å². The molecule has 0 aliphatic heterocycles. The number of imidazole rings is 1. The molecule has 1 unspecified atom stereocenters. The van der Waals surface area contributed by atoms with Gasteiger partial charge in [-0.25, -0.2) is 15.0 Å². The minimum Gasteiger partial charge on any atom is -0.304 e. The Morgan fingerprint density at radius 3 is 2.85 bits per heavy atom. The van der Waals surface area contributed by atoms with E-state index in [9.17, 15) is 0 Å². The predicted molar refractivity (Wildman–Crippen MR) is 79.6 cm³/mol. The van der Waals surface area contributed by atoms with Crippen molar-refractivity contribution in [2.75, 3.05) is 0 Å². The van der Waals surface area contributed by atoms with E-state index >= 15 is 0 Å². The van der Waals surface area contributed by atoms with Crippen LogP contribution in [-0.2, 0) is 13.6 Å². The van der Waals surface area contributed by atoms with E-state index in [-0.39, 0.29) is 5.38 Å². The summed E-state index contributed by atoms with van der Waals surface area (Å²) in [5.41, 5.74) is 1.58. The first-order valence-corrected chi connectivity index (χ1v) is 7.28. The second-order valence-electron chi connectivity index (χ2n) is 4.50. The van der Waals surface area contributed by atoms with Crippen molar-refractivity contribution in [3.8, 4) is 0 Å². The van der Waals surface area contributed by atoms with Gasteiger partial charge in [0.05, 0.1) is 11.9 Å². The number of nitrogens with zero attached hydrogens (tertiary/aromatic N) is 6. The van der Waals surface area contributed by atoms with Gasteiger partial charge in [0.1, 0.15) is 17.7 Å². The number of aryl methyl sites for hydroxylation is 1. The summed E-state index contributed by atoms with van der Waals surface area (Å²) >= 11 is 9.62. The number of rotatable bonds is 3. The summed E-state index contributed by atoms with van der Waals surface area (Å²) in [6.45, 7) is 2.39. The second-order valence-corrected chi connectivity index (χ2v) is 6.07. The molecule has 3 heterocycles. The second kappa shape index (κ2) is 5.14. The molecule has 104 valence electrons. The van der Waals surface area contributed by atoms with E-state index in [1.807, 2.05) is 24.6 Å². The molecule has 0 aliphatic carbocycles. The zero-order chi connectivity index (χ0) is 14.3. The molecule has 6 nitrogen and oxygen atoms in total. The van der Waals surface area contributed by atoms with Crippen LogP contribution in [0.4, 0.5) is 0 Å². The summed E-state index contributed by atoms with van der Waals surface area (Å²) in [4.78, 5) is 13.2. The van der Waals surface area contributed by atoms with Gasteiger partial charge in [0.2, 0.25) is 0 Å². The fourth-order valence-corrected chi connectivity index (χ4v) is 2.55. The number of fused-ring (bicyclic) bond motifs is 1. The highest BCUT2D eigenvalue weighted by molar-refractivity contribution is 9.10. The van der Waals surface area contributed by atoms with Crippen molar-refractivity contribution in [3.05, 3.63) is 34.7 Å². The Kier molecular flexibility index (Phi) is 3.47. The number of alkyl halides is 1. The van der Waals surface area contributed by atoms with Gasteiger partial charge >= 0.3 is 0 Å². The number of hydrogen-bond acceptors (Lipinski definition) is 4. The zero-order valence-electron chi connectivity index (χ0n) is 11.0. The molecule has 0 spiro atoms. The molecule has 0 radical (unpaired) electrons. The molecule has 0 aromatic carbocycles. The fourth-order valence-electron chi connectivity index (χ4n) is 2.06. The highest BCUT2D eigenvalue weighted by atomic mass is 79.9. The van der Waals surface area contributed by atoms with Crippen molar-refractivity contribution in [2.45, 2.75) is 18.8 Å². The van der Waals surface area contributed by atoms with Crippen LogP contribution in [-0.4, -0.2) is 29.3 Å². The Hall–Kier alpha value is -1.47. The van der Waals surface area contributed by atoms with Crippen molar-refractivity contribution in [1.29, 1.82) is 0 Å². The molecule has 3 aromatic heterocycles. The van der Waals surface area contributed by atoms with Crippen LogP contribution in [0.1, 0.15) is 23.9 Å². The summed E-state index contributed by atoms with van der Waals surface area (Å²) in [5.74, 6) is 1.47. The highest BCUT2D eigenvalue weighted by Crippen LogP contribution is 2.25. The van der Waals surface area contributed by atoms with Crippen LogP contribution in [0.15, 0.2) is 23.1 Å². The van der Waals surface area contributed by atoms with Crippen LogP contribution >= 0.6 is 27.5 Å². The first-order valence-electron chi connectivity index (χ1n) is 6.05. The SMILES string of the molecule is CC(Cl)c1nc2cc(Br)cnc2n1Cc1ncn(C)n1. The van der Waals surface area contributed by atoms with Crippen molar-refractivity contribution < 1.29 is 0 Å². The molecular formula is C12H12BrClN6. The standard InChI is InChI=1S/C12H12BrClN6/c1-7(14)11-17-9-3-8(13)4-15-12(9)20(11)5-10-16-6-19(2)18-10/h3-4,6-7H,5H2,1-2H3. The van der Waals surface area contributed by atoms with E-state index in [1.165, 1.54) is 0 Å². The normalized spacial score (nSPS) is 13.0. The molecule has 0 fully saturated rings. The van der Waals surface area contributed by atoms with Gasteiger partial charge in [-0.2, -0.15) is 5.10 Å². The van der Waals surface area contributed by atoms with Gasteiger partial charge < -0.3 is 4.57 Å². The molecule has 3 aromatic rings. The first kappa shape index (κ1) is 13.5. The average Bonchev–Trinajstić information content (AvgIpc) is 2.94. The number of hydrogen-bond donors (Lipinski definition) is 0. The summed E-state index contributed by atoms with van der Waals surface area (Å²) in [5, 5.41) is 4.07. The molecule has 0 amide bonds. The predicted octanol–water partition coefficient (Wildman–Crippen LogP) is 2.67. The highest BCUT2D eigenvalue weighted by Gasteiger charge is 2.17. The Labute approximate surface area is 128 Å². The van der Waals surface area contributed by atoms with E-state index in [0.29, 0.717) is 12.4 Å². The lowest BCUT2D eigenvalue weighted by atomic mass is 10.4. The Morgan fingerprint density at radius 2 is 2.20 bits per heavy atom. The molecule has 8 heteroatoms. The van der Waals surface area contributed by atoms with Crippen LogP contribution < -0.4 is 0 Å². The summed E-state index contributed by atoms with van der Waals surface area (Å²) in [7, 11) is 1.84. The third kappa shape index (κ3) is 2.43. The lowest BCUT2D eigenvalue weighted by Crippen LogP contribution is -2.08. The van der Waals surface area contributed by atoms with Crippen molar-refractivity contribution in [1.82, 2.24) is 29.3 Å². The number of halogens is 2. The van der Waals surface area contributed by atoms with Crippen molar-refractivity contribution in [3.63, 3.8) is 0 Å². The van der Waals surface area contributed by atoms with Gasteiger partial charge in [0.25, 0.3) is 0 Å². The van der Waals surface area contributed by atoms with Crippen LogP contribution in [0.3, 0.4) is 0 Å². The third-order valence-electron chi connectivity index (χ3n) is 2.88. The lowest BCUT2D eigenvalue weighted by molar-refractivity contribution is 0.680. The summed E-state index contributed by atoms with van der Waals surface area (Å²) < 4.78 is 4.51. The Balaban J connectivity index is 2.13. The monoisotopic (exact) mass is 354 g/mol. The first-order chi connectivity index (χ1) is 9.54. The van der Waals surface area contributed by atoms with E-state index in [4.69, 9.17) is 11.6 Å². The molecule has 0 saturated carbocycles. The molecular weight excluding hydrogens is 344 g/mol. The van der Waals surface area contributed by atoms with Gasteiger partial charge in [-0.3, -0.25) is 4.68 Å². The molecule has 0 aliphatic rings. The fraction of sp³-hybridized carbons (Fsp3) is 0.333. The van der Waals surface area contributed by atoms with Gasteiger partial charge in [0.15, 0.2) is 11.5 Å². The van der Waals surface area contributed by atoms with Crippen LogP contribution in [0.25, 0.3) is 11.2 Å². The zero-order valence-corrected chi connectivity index (χ0v) is 13.3. The van der Waals surface area contributed by atoms with Gasteiger partial charge in [-0.05, 0) is 28.9 Å². The number of aromatic nitrogens is 6. The van der Waals surface area contributed by atoms with E-state index < -0.39 is 0 Å². The summed E-state index contributed by atoms with van der Waals surface area (Å²) in [6, 6.07) is 1.92. The maximum atomic E-state index is 6.22. The number of pyridine rings is 1. The summed E-state index contributed by atoms with van der Waals surface area (Å²) in [6.07, 6.45) is 3.41. The maximum absolute atomic E-state index is 6.22. The lowest BCUT2D eigenvalue weighted by Gasteiger charge is -2.07. The van der Waals surface area contributed by atoms with Crippen LogP contribution in [0.5, 0.6) is 0 Å². The maximum Gasteiger partial charge on any atom is 0.170 e. The average molecular weight is 356 g/mol. The smallest absolute Gasteiger partial charge is 0.170 e. The van der Waals surface area contributed by atoms with Crippen molar-refractivity contribution >= 4 is 38.7 Å². The van der Waals surface area contributed by atoms with E-state index in [0.717, 1.165) is 21.5 Å². The minimum absolute atomic E-state index is 0.216. The molecule has 1 atom stereocenters. The van der Waals surface area contributed by atoms with Crippen LogP contribution in [0, 0.1) is 0 Å².